The van der Waals surface area contributed by atoms with Gasteiger partial charge in [-0.25, -0.2) is 0 Å². The van der Waals surface area contributed by atoms with Crippen LogP contribution in [0, 0.1) is 0 Å². The molecule has 0 fully saturated rings. The molecule has 1 atom stereocenters. The van der Waals surface area contributed by atoms with E-state index in [-0.39, 0.29) is 11.9 Å². The molecule has 80 valence electrons. The van der Waals surface area contributed by atoms with Gasteiger partial charge in [0.25, 0.3) is 0 Å². The Morgan fingerprint density at radius 1 is 1.64 bits per heavy atom. The van der Waals surface area contributed by atoms with Gasteiger partial charge in [0.05, 0.1) is 0 Å². The number of carbonyl (C=O) groups excluding carboxylic acids is 1. The fourth-order valence-electron chi connectivity index (χ4n) is 1.66. The van der Waals surface area contributed by atoms with Crippen molar-refractivity contribution in [1.82, 2.24) is 5.32 Å². The maximum atomic E-state index is 11.5. The van der Waals surface area contributed by atoms with E-state index in [1.807, 2.05) is 6.92 Å². The normalized spacial score (nSPS) is 18.6. The molecule has 0 aromatic rings. The van der Waals surface area contributed by atoms with Crippen molar-refractivity contribution in [1.29, 1.82) is 0 Å². The molecular formula is C11H20N2O. The van der Waals surface area contributed by atoms with E-state index in [4.69, 9.17) is 5.73 Å². The van der Waals surface area contributed by atoms with Gasteiger partial charge in [0.2, 0.25) is 5.91 Å². The Kier molecular flexibility index (Phi) is 4.66. The van der Waals surface area contributed by atoms with Gasteiger partial charge < -0.3 is 11.1 Å². The molecule has 1 rings (SSSR count). The maximum absolute atomic E-state index is 11.5. The number of allylic oxidation sites excluding steroid dienone is 1. The van der Waals surface area contributed by atoms with Crippen molar-refractivity contribution in [3.05, 3.63) is 11.6 Å². The summed E-state index contributed by atoms with van der Waals surface area (Å²) in [6.45, 7) is 2.43. The van der Waals surface area contributed by atoms with Crippen LogP contribution in [-0.2, 0) is 4.79 Å². The highest BCUT2D eigenvalue weighted by Crippen LogP contribution is 2.19. The highest BCUT2D eigenvalue weighted by atomic mass is 16.1. The van der Waals surface area contributed by atoms with Crippen molar-refractivity contribution in [3.8, 4) is 0 Å². The summed E-state index contributed by atoms with van der Waals surface area (Å²) >= 11 is 0. The van der Waals surface area contributed by atoms with Crippen molar-refractivity contribution in [2.45, 2.75) is 45.1 Å². The molecule has 0 aromatic heterocycles. The molecule has 0 aromatic carbocycles. The Morgan fingerprint density at radius 3 is 3.00 bits per heavy atom. The topological polar surface area (TPSA) is 55.1 Å². The minimum absolute atomic E-state index is 0.0895. The summed E-state index contributed by atoms with van der Waals surface area (Å²) in [6, 6.07) is 0.0895. The zero-order valence-corrected chi connectivity index (χ0v) is 8.88. The lowest BCUT2D eigenvalue weighted by Gasteiger charge is -2.15. The van der Waals surface area contributed by atoms with E-state index in [9.17, 15) is 4.79 Å². The minimum atomic E-state index is 0.0895. The summed E-state index contributed by atoms with van der Waals surface area (Å²) in [6.07, 6.45) is 7.48. The average molecular weight is 196 g/mol. The lowest BCUT2D eigenvalue weighted by molar-refractivity contribution is -0.121. The van der Waals surface area contributed by atoms with Crippen LogP contribution in [0.5, 0.6) is 0 Å². The first kappa shape index (κ1) is 11.2. The third kappa shape index (κ3) is 3.92. The van der Waals surface area contributed by atoms with Crippen molar-refractivity contribution >= 4 is 5.91 Å². The van der Waals surface area contributed by atoms with Crippen molar-refractivity contribution in [3.63, 3.8) is 0 Å². The third-order valence-corrected chi connectivity index (χ3v) is 2.53. The number of hydrogen-bond acceptors (Lipinski definition) is 2. The summed E-state index contributed by atoms with van der Waals surface area (Å²) in [5.74, 6) is 0.108. The second-order valence-corrected chi connectivity index (χ2v) is 3.99. The third-order valence-electron chi connectivity index (χ3n) is 2.53. The molecule has 0 spiro atoms. The van der Waals surface area contributed by atoms with Crippen LogP contribution in [0.1, 0.15) is 39.0 Å². The second-order valence-electron chi connectivity index (χ2n) is 3.99. The second kappa shape index (κ2) is 5.81. The van der Waals surface area contributed by atoms with Crippen LogP contribution in [-0.4, -0.2) is 18.5 Å². The number of carbonyl (C=O) groups is 1. The zero-order chi connectivity index (χ0) is 10.4. The number of rotatable bonds is 4. The molecule has 14 heavy (non-hydrogen) atoms. The van der Waals surface area contributed by atoms with E-state index in [0.29, 0.717) is 13.0 Å². The number of hydrogen-bond donors (Lipinski definition) is 2. The fourth-order valence-corrected chi connectivity index (χ4v) is 1.66. The Hall–Kier alpha value is -0.830. The smallest absolute Gasteiger partial charge is 0.224 e. The van der Waals surface area contributed by atoms with Gasteiger partial charge in [-0.3, -0.25) is 4.79 Å². The summed E-state index contributed by atoms with van der Waals surface area (Å²) < 4.78 is 0. The van der Waals surface area contributed by atoms with Crippen molar-refractivity contribution in [2.75, 3.05) is 6.54 Å². The first-order valence-electron chi connectivity index (χ1n) is 5.39. The van der Waals surface area contributed by atoms with Gasteiger partial charge in [-0.05, 0) is 32.6 Å². The van der Waals surface area contributed by atoms with Crippen LogP contribution in [0.25, 0.3) is 0 Å². The Morgan fingerprint density at radius 2 is 2.43 bits per heavy atom. The van der Waals surface area contributed by atoms with E-state index in [2.05, 4.69) is 11.4 Å². The van der Waals surface area contributed by atoms with E-state index in [1.54, 1.807) is 0 Å². The molecule has 0 unspecified atom stereocenters. The van der Waals surface area contributed by atoms with Crippen LogP contribution in [0.2, 0.25) is 0 Å². The predicted molar refractivity (Wildman–Crippen MR) is 57.8 cm³/mol. The van der Waals surface area contributed by atoms with Gasteiger partial charge in [-0.15, -0.1) is 0 Å². The Labute approximate surface area is 85.7 Å². The Bertz CT molecular complexity index is 223. The summed E-state index contributed by atoms with van der Waals surface area (Å²) in [5, 5.41) is 2.87. The van der Waals surface area contributed by atoms with E-state index >= 15 is 0 Å². The van der Waals surface area contributed by atoms with Crippen LogP contribution in [0.3, 0.4) is 0 Å². The quantitative estimate of drug-likeness (QED) is 0.667. The molecular weight excluding hydrogens is 176 g/mol. The predicted octanol–water partition coefficient (Wildman–Crippen LogP) is 1.34. The van der Waals surface area contributed by atoms with E-state index < -0.39 is 0 Å². The summed E-state index contributed by atoms with van der Waals surface area (Å²) in [7, 11) is 0. The van der Waals surface area contributed by atoms with Gasteiger partial charge in [0, 0.05) is 19.0 Å². The largest absolute Gasteiger partial charge is 0.352 e. The molecule has 0 saturated carbocycles. The van der Waals surface area contributed by atoms with E-state index in [0.717, 1.165) is 12.8 Å². The number of amides is 1. The van der Waals surface area contributed by atoms with Crippen LogP contribution in [0.15, 0.2) is 11.6 Å². The molecule has 3 nitrogen and oxygen atoms in total. The monoisotopic (exact) mass is 196 g/mol. The lowest BCUT2D eigenvalue weighted by atomic mass is 9.97. The molecule has 0 saturated heterocycles. The van der Waals surface area contributed by atoms with Gasteiger partial charge in [-0.2, -0.15) is 0 Å². The fraction of sp³-hybridized carbons (Fsp3) is 0.727. The van der Waals surface area contributed by atoms with Gasteiger partial charge >= 0.3 is 0 Å². The highest BCUT2D eigenvalue weighted by molar-refractivity contribution is 5.78. The first-order valence-corrected chi connectivity index (χ1v) is 5.39. The van der Waals surface area contributed by atoms with Crippen LogP contribution in [0.4, 0.5) is 0 Å². The molecule has 0 aliphatic heterocycles. The molecule has 1 aliphatic rings. The van der Waals surface area contributed by atoms with Crippen LogP contribution < -0.4 is 11.1 Å². The first-order chi connectivity index (χ1) is 6.72. The average Bonchev–Trinajstić information content (AvgIpc) is 2.19. The zero-order valence-electron chi connectivity index (χ0n) is 8.88. The molecule has 1 amide bonds. The van der Waals surface area contributed by atoms with Crippen molar-refractivity contribution < 1.29 is 4.79 Å². The van der Waals surface area contributed by atoms with Crippen LogP contribution >= 0.6 is 0 Å². The molecule has 0 heterocycles. The highest BCUT2D eigenvalue weighted by Gasteiger charge is 2.10. The number of nitrogens with two attached hydrogens (primary N) is 1. The molecule has 0 radical (unpaired) electrons. The standard InChI is InChI=1S/C11H20N2O/c1-9(8-12)13-11(14)7-10-5-3-2-4-6-10/h5,9H,2-4,6-8,12H2,1H3,(H,13,14)/t9-/m1/s1. The van der Waals surface area contributed by atoms with E-state index in [1.165, 1.54) is 18.4 Å². The minimum Gasteiger partial charge on any atom is -0.352 e. The molecule has 1 aliphatic carbocycles. The summed E-state index contributed by atoms with van der Waals surface area (Å²) in [5.41, 5.74) is 6.71. The van der Waals surface area contributed by atoms with Gasteiger partial charge in [0.1, 0.15) is 0 Å². The molecule has 3 heteroatoms. The van der Waals surface area contributed by atoms with Gasteiger partial charge in [0.15, 0.2) is 0 Å². The number of nitrogens with one attached hydrogen (secondary N) is 1. The molecule has 0 bridgehead atoms. The SMILES string of the molecule is C[C@H](CN)NC(=O)CC1=CCCCC1. The molecule has 3 N–H and O–H groups in total. The lowest BCUT2D eigenvalue weighted by Crippen LogP contribution is -2.37. The summed E-state index contributed by atoms with van der Waals surface area (Å²) in [4.78, 5) is 11.5. The van der Waals surface area contributed by atoms with Gasteiger partial charge in [-0.1, -0.05) is 11.6 Å². The Balaban J connectivity index is 2.29. The maximum Gasteiger partial charge on any atom is 0.224 e. The van der Waals surface area contributed by atoms with Crippen molar-refractivity contribution in [2.24, 2.45) is 5.73 Å².